The maximum absolute atomic E-state index is 13.9. The molecule has 4 aromatic carbocycles. The van der Waals surface area contributed by atoms with Gasteiger partial charge >= 0.3 is 12.1 Å². The summed E-state index contributed by atoms with van der Waals surface area (Å²) >= 11 is 0. The van der Waals surface area contributed by atoms with Crippen LogP contribution in [0.1, 0.15) is 28.6 Å². The molecule has 0 fully saturated rings. The summed E-state index contributed by atoms with van der Waals surface area (Å²) in [4.78, 5) is 25.7. The monoisotopic (exact) mass is 530 g/mol. The predicted octanol–water partition coefficient (Wildman–Crippen LogP) is 8.05. The van der Waals surface area contributed by atoms with Gasteiger partial charge in [0.25, 0.3) is 5.76 Å². The van der Waals surface area contributed by atoms with E-state index in [1.807, 2.05) is 37.3 Å². The molecule has 5 aromatic rings. The van der Waals surface area contributed by atoms with E-state index in [2.05, 4.69) is 0 Å². The van der Waals surface area contributed by atoms with Crippen molar-refractivity contribution in [1.29, 1.82) is 0 Å². The number of halogens is 3. The lowest BCUT2D eigenvalue weighted by Gasteiger charge is -2.14. The van der Waals surface area contributed by atoms with Gasteiger partial charge in [-0.15, -0.1) is 0 Å². The second-order valence-electron chi connectivity index (χ2n) is 8.68. The molecule has 0 aliphatic heterocycles. The molecule has 0 spiro atoms. The maximum atomic E-state index is 13.9. The van der Waals surface area contributed by atoms with Gasteiger partial charge < -0.3 is 13.9 Å². The number of hydrogen-bond acceptors (Lipinski definition) is 5. The van der Waals surface area contributed by atoms with Crippen molar-refractivity contribution in [2.24, 2.45) is 0 Å². The Kier molecular flexibility index (Phi) is 6.94. The Morgan fingerprint density at radius 2 is 1.46 bits per heavy atom. The molecule has 8 heteroatoms. The topological polar surface area (TPSA) is 65.7 Å². The molecular weight excluding hydrogens is 509 g/mol. The smallest absolute Gasteiger partial charge is 0.449 e. The summed E-state index contributed by atoms with van der Waals surface area (Å²) in [5, 5.41) is -0.157. The van der Waals surface area contributed by atoms with E-state index in [-0.39, 0.29) is 22.4 Å². The van der Waals surface area contributed by atoms with Crippen LogP contribution in [-0.2, 0) is 12.6 Å². The molecule has 196 valence electrons. The molecule has 0 saturated heterocycles. The summed E-state index contributed by atoms with van der Waals surface area (Å²) in [5.41, 5.74) is 1.67. The van der Waals surface area contributed by atoms with Gasteiger partial charge in [-0.3, -0.25) is 4.79 Å². The van der Waals surface area contributed by atoms with Crippen molar-refractivity contribution in [3.63, 3.8) is 0 Å². The highest BCUT2D eigenvalue weighted by Gasteiger charge is 2.40. The fraction of sp³-hybridized carbons (Fsp3) is 0.0968. The van der Waals surface area contributed by atoms with E-state index in [1.165, 1.54) is 24.3 Å². The van der Waals surface area contributed by atoms with Gasteiger partial charge in [0.1, 0.15) is 17.1 Å². The van der Waals surface area contributed by atoms with Gasteiger partial charge in [0.2, 0.25) is 11.2 Å². The van der Waals surface area contributed by atoms with Gasteiger partial charge in [-0.2, -0.15) is 13.2 Å². The van der Waals surface area contributed by atoms with Crippen LogP contribution >= 0.6 is 0 Å². The predicted molar refractivity (Wildman–Crippen MR) is 140 cm³/mol. The normalized spacial score (nSPS) is 11.4. The van der Waals surface area contributed by atoms with Gasteiger partial charge in [0, 0.05) is 6.07 Å². The first-order chi connectivity index (χ1) is 18.7. The van der Waals surface area contributed by atoms with Gasteiger partial charge in [0.05, 0.1) is 10.9 Å². The molecule has 1 heterocycles. The lowest BCUT2D eigenvalue weighted by molar-refractivity contribution is -0.154. The van der Waals surface area contributed by atoms with Crippen molar-refractivity contribution in [2.45, 2.75) is 19.5 Å². The van der Waals surface area contributed by atoms with Gasteiger partial charge in [-0.05, 0) is 59.5 Å². The van der Waals surface area contributed by atoms with Crippen molar-refractivity contribution >= 4 is 16.9 Å². The molecular formula is C31H21F3O5. The molecule has 0 N–H and O–H groups in total. The highest BCUT2D eigenvalue weighted by atomic mass is 19.4. The number of alkyl halides is 3. The number of carbonyl (C=O) groups is 1. The number of fused-ring (bicyclic) bond motifs is 1. The van der Waals surface area contributed by atoms with Crippen molar-refractivity contribution in [3.05, 3.63) is 124 Å². The molecule has 0 amide bonds. The molecule has 0 atom stereocenters. The van der Waals surface area contributed by atoms with Crippen molar-refractivity contribution in [2.75, 3.05) is 0 Å². The lowest BCUT2D eigenvalue weighted by atomic mass is 10.0. The van der Waals surface area contributed by atoms with E-state index in [9.17, 15) is 22.8 Å². The number of ether oxygens (including phenoxy) is 2. The zero-order valence-corrected chi connectivity index (χ0v) is 20.6. The van der Waals surface area contributed by atoms with Crippen LogP contribution in [0.2, 0.25) is 0 Å². The number of aryl methyl sites for hydroxylation is 1. The minimum atomic E-state index is -5.01. The Bertz CT molecular complexity index is 1690. The Hall–Kier alpha value is -4.85. The van der Waals surface area contributed by atoms with Crippen LogP contribution in [0.25, 0.3) is 22.1 Å². The first-order valence-corrected chi connectivity index (χ1v) is 12.1. The van der Waals surface area contributed by atoms with E-state index >= 15 is 0 Å². The number of benzene rings is 4. The number of carbonyl (C=O) groups excluding carboxylic acids is 1. The fourth-order valence-electron chi connectivity index (χ4n) is 4.01. The third-order valence-corrected chi connectivity index (χ3v) is 6.07. The highest BCUT2D eigenvalue weighted by Crippen LogP contribution is 2.38. The highest BCUT2D eigenvalue weighted by molar-refractivity contribution is 5.92. The van der Waals surface area contributed by atoms with Crippen molar-refractivity contribution in [3.8, 4) is 28.4 Å². The summed E-state index contributed by atoms with van der Waals surface area (Å²) < 4.78 is 57.4. The number of rotatable bonds is 6. The number of esters is 1. The zero-order chi connectivity index (χ0) is 27.6. The van der Waals surface area contributed by atoms with Crippen LogP contribution in [0.3, 0.4) is 0 Å². The molecule has 5 nitrogen and oxygen atoms in total. The molecule has 0 radical (unpaired) electrons. The SMILES string of the molecule is CCc1ccc(Oc2c(C(F)(F)F)oc3cc(OC(=O)c4ccc(-c5ccccc5)cc4)ccc3c2=O)cc1. The Morgan fingerprint density at radius 3 is 2.10 bits per heavy atom. The third-order valence-electron chi connectivity index (χ3n) is 6.07. The van der Waals surface area contributed by atoms with Crippen LogP contribution in [0.15, 0.2) is 106 Å². The summed E-state index contributed by atoms with van der Waals surface area (Å²) in [6, 6.07) is 26.2. The largest absolute Gasteiger partial charge is 0.453 e. The Morgan fingerprint density at radius 1 is 0.821 bits per heavy atom. The molecule has 39 heavy (non-hydrogen) atoms. The molecule has 0 unspecified atom stereocenters. The van der Waals surface area contributed by atoms with Crippen LogP contribution in [0.5, 0.6) is 17.2 Å². The van der Waals surface area contributed by atoms with Crippen LogP contribution in [0.4, 0.5) is 13.2 Å². The fourth-order valence-corrected chi connectivity index (χ4v) is 4.01. The average molecular weight is 530 g/mol. The minimum absolute atomic E-state index is 0.0631. The summed E-state index contributed by atoms with van der Waals surface area (Å²) in [7, 11) is 0. The number of hydrogen-bond donors (Lipinski definition) is 0. The Labute approximate surface area is 221 Å². The molecule has 0 aliphatic carbocycles. The summed E-state index contributed by atoms with van der Waals surface area (Å²) in [5.74, 6) is -3.29. The van der Waals surface area contributed by atoms with Crippen LogP contribution in [-0.4, -0.2) is 5.97 Å². The van der Waals surface area contributed by atoms with Gasteiger partial charge in [0.15, 0.2) is 0 Å². The summed E-state index contributed by atoms with van der Waals surface area (Å²) in [6.45, 7) is 1.93. The molecule has 5 rings (SSSR count). The molecule has 1 aromatic heterocycles. The summed E-state index contributed by atoms with van der Waals surface area (Å²) in [6.07, 6.45) is -4.28. The van der Waals surface area contributed by atoms with E-state index < -0.39 is 34.7 Å². The third kappa shape index (κ3) is 5.55. The molecule has 0 bridgehead atoms. The second-order valence-corrected chi connectivity index (χ2v) is 8.68. The first-order valence-electron chi connectivity index (χ1n) is 12.1. The van der Waals surface area contributed by atoms with E-state index in [1.54, 1.807) is 36.4 Å². The first kappa shape index (κ1) is 25.8. The van der Waals surface area contributed by atoms with Crippen molar-refractivity contribution < 1.29 is 31.9 Å². The van der Waals surface area contributed by atoms with E-state index in [0.717, 1.165) is 29.2 Å². The second kappa shape index (κ2) is 10.5. The van der Waals surface area contributed by atoms with Gasteiger partial charge in [-0.25, -0.2) is 4.79 Å². The maximum Gasteiger partial charge on any atom is 0.453 e. The van der Waals surface area contributed by atoms with E-state index in [0.29, 0.717) is 0 Å². The average Bonchev–Trinajstić information content (AvgIpc) is 2.94. The van der Waals surface area contributed by atoms with Crippen LogP contribution in [0, 0.1) is 0 Å². The minimum Gasteiger partial charge on any atom is -0.449 e. The standard InChI is InChI=1S/C31H21F3O5/c1-2-19-8-14-23(15-9-19)37-28-27(35)25-17-16-24(18-26(25)39-29(28)31(32,33)34)38-30(36)22-12-10-21(11-13-22)20-6-4-3-5-7-20/h3-18H,2H2,1H3. The zero-order valence-electron chi connectivity index (χ0n) is 20.6. The van der Waals surface area contributed by atoms with Crippen LogP contribution < -0.4 is 14.9 Å². The van der Waals surface area contributed by atoms with E-state index in [4.69, 9.17) is 13.9 Å². The quantitative estimate of drug-likeness (QED) is 0.164. The molecule has 0 saturated carbocycles. The van der Waals surface area contributed by atoms with Gasteiger partial charge in [-0.1, -0.05) is 61.5 Å². The van der Waals surface area contributed by atoms with Crippen molar-refractivity contribution in [1.82, 2.24) is 0 Å². The lowest BCUT2D eigenvalue weighted by Crippen LogP contribution is -2.15. The molecule has 0 aliphatic rings. The Balaban J connectivity index is 1.44.